The molecule has 3 unspecified atom stereocenters. The van der Waals surface area contributed by atoms with E-state index in [1.165, 1.54) is 4.70 Å². The van der Waals surface area contributed by atoms with Gasteiger partial charge in [0.25, 0.3) is 0 Å². The van der Waals surface area contributed by atoms with E-state index in [1.807, 2.05) is 18.2 Å². The van der Waals surface area contributed by atoms with Crippen LogP contribution in [0.4, 0.5) is 0 Å². The predicted octanol–water partition coefficient (Wildman–Crippen LogP) is 5.11. The molecular weight excluding hydrogens is 342 g/mol. The average Bonchev–Trinajstić information content (AvgIpc) is 3.06. The molecule has 1 aliphatic carbocycles. The topological polar surface area (TPSA) is 57.0 Å². The Kier molecular flexibility index (Phi) is 5.34. The largest absolute Gasteiger partial charge is 0.340 e. The second-order valence-electron chi connectivity index (χ2n) is 7.60. The number of piperidine rings is 1. The Balaban J connectivity index is 0.00000196. The van der Waals surface area contributed by atoms with Crippen molar-refractivity contribution >= 4 is 27.5 Å². The molecule has 2 aromatic rings. The van der Waals surface area contributed by atoms with E-state index in [1.54, 1.807) is 11.3 Å². The summed E-state index contributed by atoms with van der Waals surface area (Å²) in [7, 11) is 0. The van der Waals surface area contributed by atoms with Crippen LogP contribution in [0.15, 0.2) is 24.3 Å². The molecule has 2 bridgehead atoms. The summed E-state index contributed by atoms with van der Waals surface area (Å²) in [5.74, 6) is 0.362. The fourth-order valence-electron chi connectivity index (χ4n) is 4.39. The van der Waals surface area contributed by atoms with E-state index in [0.29, 0.717) is 6.42 Å². The van der Waals surface area contributed by atoms with Gasteiger partial charge >= 0.3 is 0 Å². The molecule has 1 saturated heterocycles. The number of hydrogen-bond donors (Lipinski definition) is 0. The Hall–Kier alpha value is -1.93. The number of carbonyl (C=O) groups is 1. The zero-order valence-electron chi connectivity index (χ0n) is 14.6. The molecule has 5 heteroatoms. The molecule has 3 atom stereocenters. The molecule has 2 heterocycles. The highest BCUT2D eigenvalue weighted by atomic mass is 32.1. The third-order valence-electron chi connectivity index (χ3n) is 5.86. The van der Waals surface area contributed by atoms with Gasteiger partial charge in [0, 0.05) is 24.9 Å². The van der Waals surface area contributed by atoms with Crippen molar-refractivity contribution in [3.05, 3.63) is 29.3 Å². The summed E-state index contributed by atoms with van der Waals surface area (Å²) < 4.78 is 1.18. The van der Waals surface area contributed by atoms with Gasteiger partial charge in [-0.1, -0.05) is 26.5 Å². The second kappa shape index (κ2) is 7.36. The molecule has 4 rings (SSSR count). The van der Waals surface area contributed by atoms with Gasteiger partial charge < -0.3 is 4.90 Å². The number of nitrogens with zero attached hydrogens (tertiary/aromatic N) is 3. The second-order valence-corrected chi connectivity index (χ2v) is 8.67. The number of para-hydroxylation sites is 1. The van der Waals surface area contributed by atoms with E-state index in [-0.39, 0.29) is 30.7 Å². The molecule has 2 aliphatic rings. The van der Waals surface area contributed by atoms with Crippen LogP contribution >= 0.6 is 11.3 Å². The summed E-state index contributed by atoms with van der Waals surface area (Å²) in [6.45, 7) is 2.84. The van der Waals surface area contributed by atoms with Gasteiger partial charge in [-0.25, -0.2) is 4.98 Å². The molecular formula is C21H27N3OS. The number of likely N-dealkylation sites (tertiary alicyclic amines) is 1. The Morgan fingerprint density at radius 3 is 3.04 bits per heavy atom. The molecule has 1 amide bonds. The van der Waals surface area contributed by atoms with E-state index in [2.05, 4.69) is 24.0 Å². The van der Waals surface area contributed by atoms with Gasteiger partial charge in [-0.2, -0.15) is 5.26 Å². The van der Waals surface area contributed by atoms with Crippen molar-refractivity contribution in [1.82, 2.24) is 9.88 Å². The lowest BCUT2D eigenvalue weighted by atomic mass is 9.68. The summed E-state index contributed by atoms with van der Waals surface area (Å²) in [5, 5.41) is 10.6. The Bertz CT molecular complexity index is 806. The zero-order chi connectivity index (χ0) is 17.4. The van der Waals surface area contributed by atoms with Crippen LogP contribution in [0, 0.1) is 16.7 Å². The molecule has 0 N–H and O–H groups in total. The van der Waals surface area contributed by atoms with E-state index < -0.39 is 0 Å². The minimum atomic E-state index is -0.168. The van der Waals surface area contributed by atoms with Crippen LogP contribution in [0.2, 0.25) is 0 Å². The molecule has 0 radical (unpaired) electrons. The molecule has 1 saturated carbocycles. The number of aromatic nitrogens is 1. The lowest BCUT2D eigenvalue weighted by Crippen LogP contribution is -2.51. The quantitative estimate of drug-likeness (QED) is 0.755. The first-order chi connectivity index (χ1) is 12.1. The molecule has 1 aromatic carbocycles. The lowest BCUT2D eigenvalue weighted by molar-refractivity contribution is -0.138. The van der Waals surface area contributed by atoms with Crippen molar-refractivity contribution in [2.45, 2.75) is 64.8 Å². The van der Waals surface area contributed by atoms with Gasteiger partial charge in [-0.3, -0.25) is 4.79 Å². The maximum atomic E-state index is 12.9. The zero-order valence-corrected chi connectivity index (χ0v) is 15.4. The van der Waals surface area contributed by atoms with Crippen LogP contribution in [0.3, 0.4) is 0 Å². The van der Waals surface area contributed by atoms with Crippen LogP contribution in [-0.2, 0) is 4.79 Å². The number of amides is 1. The summed E-state index contributed by atoms with van der Waals surface area (Å²) >= 11 is 1.69. The van der Waals surface area contributed by atoms with Gasteiger partial charge in [0.15, 0.2) is 0 Å². The minimum absolute atomic E-state index is 0. The van der Waals surface area contributed by atoms with Crippen LogP contribution in [0.1, 0.15) is 63.8 Å². The smallest absolute Gasteiger partial charge is 0.223 e. The summed E-state index contributed by atoms with van der Waals surface area (Å²) in [4.78, 5) is 19.7. The summed E-state index contributed by atoms with van der Waals surface area (Å²) in [6, 6.07) is 10.9. The van der Waals surface area contributed by atoms with Crippen LogP contribution < -0.4 is 0 Å². The van der Waals surface area contributed by atoms with Gasteiger partial charge in [0.05, 0.1) is 26.7 Å². The SMILES string of the molecule is C.CC(CC(=O)N1CCC2(C#N)CCCC1C2)c1nc2ccccc2s1. The molecule has 138 valence electrons. The highest BCUT2D eigenvalue weighted by Gasteiger charge is 2.44. The number of nitriles is 1. The Morgan fingerprint density at radius 2 is 2.27 bits per heavy atom. The fraction of sp³-hybridized carbons (Fsp3) is 0.571. The van der Waals surface area contributed by atoms with Gasteiger partial charge in [-0.05, 0) is 44.2 Å². The maximum absolute atomic E-state index is 12.9. The number of benzene rings is 1. The van der Waals surface area contributed by atoms with Crippen LogP contribution in [0.25, 0.3) is 10.2 Å². The van der Waals surface area contributed by atoms with E-state index in [4.69, 9.17) is 4.98 Å². The monoisotopic (exact) mass is 369 g/mol. The van der Waals surface area contributed by atoms with E-state index in [0.717, 1.165) is 49.2 Å². The first kappa shape index (κ1) is 18.8. The van der Waals surface area contributed by atoms with Crippen molar-refractivity contribution in [3.8, 4) is 6.07 Å². The molecule has 1 aliphatic heterocycles. The Morgan fingerprint density at radius 1 is 1.46 bits per heavy atom. The van der Waals surface area contributed by atoms with E-state index >= 15 is 0 Å². The normalized spacial score (nSPS) is 26.0. The summed E-state index contributed by atoms with van der Waals surface area (Å²) in [5.41, 5.74) is 0.851. The number of fused-ring (bicyclic) bond motifs is 3. The van der Waals surface area contributed by atoms with E-state index in [9.17, 15) is 10.1 Å². The number of hydrogen-bond acceptors (Lipinski definition) is 4. The highest BCUT2D eigenvalue weighted by Crippen LogP contribution is 2.44. The molecule has 2 fully saturated rings. The lowest BCUT2D eigenvalue weighted by Gasteiger charge is -2.47. The van der Waals surface area contributed by atoms with Crippen LogP contribution in [0.5, 0.6) is 0 Å². The van der Waals surface area contributed by atoms with Crippen molar-refractivity contribution in [3.63, 3.8) is 0 Å². The third-order valence-corrected chi connectivity index (χ3v) is 7.13. The third kappa shape index (κ3) is 3.35. The fourth-order valence-corrected chi connectivity index (χ4v) is 5.41. The summed E-state index contributed by atoms with van der Waals surface area (Å²) in [6.07, 6.45) is 5.33. The standard InChI is InChI=1S/C20H23N3OS.CH4/c1-14(19-22-16-6-2-3-7-17(16)25-19)11-18(24)23-10-9-20(13-21)8-4-5-15(23)12-20;/h2-3,6-7,14-15H,4-5,8-12H2,1H3;1H4. The molecule has 4 nitrogen and oxygen atoms in total. The Labute approximate surface area is 159 Å². The molecule has 26 heavy (non-hydrogen) atoms. The maximum Gasteiger partial charge on any atom is 0.223 e. The van der Waals surface area contributed by atoms with Crippen molar-refractivity contribution in [1.29, 1.82) is 5.26 Å². The number of carbonyl (C=O) groups excluding carboxylic acids is 1. The molecule has 0 spiro atoms. The van der Waals surface area contributed by atoms with Gasteiger partial charge in [-0.15, -0.1) is 11.3 Å². The first-order valence-electron chi connectivity index (χ1n) is 9.16. The number of rotatable bonds is 3. The van der Waals surface area contributed by atoms with Crippen molar-refractivity contribution in [2.24, 2.45) is 5.41 Å². The highest BCUT2D eigenvalue weighted by molar-refractivity contribution is 7.18. The van der Waals surface area contributed by atoms with Gasteiger partial charge in [0.2, 0.25) is 5.91 Å². The minimum Gasteiger partial charge on any atom is -0.340 e. The van der Waals surface area contributed by atoms with Crippen molar-refractivity contribution in [2.75, 3.05) is 6.54 Å². The van der Waals surface area contributed by atoms with Crippen LogP contribution in [-0.4, -0.2) is 28.4 Å². The number of thiazole rings is 1. The molecule has 1 aromatic heterocycles. The average molecular weight is 370 g/mol. The van der Waals surface area contributed by atoms with Crippen molar-refractivity contribution < 1.29 is 4.79 Å². The predicted molar refractivity (Wildman–Crippen MR) is 106 cm³/mol. The van der Waals surface area contributed by atoms with Gasteiger partial charge in [0.1, 0.15) is 0 Å². The first-order valence-corrected chi connectivity index (χ1v) is 9.98.